The van der Waals surface area contributed by atoms with Crippen LogP contribution in [0.5, 0.6) is 5.88 Å². The van der Waals surface area contributed by atoms with Gasteiger partial charge < -0.3 is 14.5 Å². The standard InChI is InChI=1S/C21H25N5O5/c1-21(2)12-18(27)26(19(28)13-21)15-4-5-17(22-14-15)30-20(29)24-10-6-16(7-11-24)31-25-9-3-8-23-25/h3-5,8-9,14,16H,6-7,10-13H2,1-2H3. The van der Waals surface area contributed by atoms with E-state index in [1.165, 1.54) is 17.1 Å². The molecule has 3 amide bonds. The molecule has 4 rings (SSSR count). The summed E-state index contributed by atoms with van der Waals surface area (Å²) in [5.41, 5.74) is 0.0339. The number of nitrogens with zero attached hydrogens (tertiary/aromatic N) is 5. The Morgan fingerprint density at radius 2 is 1.84 bits per heavy atom. The highest BCUT2D eigenvalue weighted by Crippen LogP contribution is 2.34. The zero-order chi connectivity index (χ0) is 22.0. The van der Waals surface area contributed by atoms with E-state index < -0.39 is 6.09 Å². The molecule has 2 aromatic rings. The molecule has 2 aliphatic heterocycles. The maximum absolute atomic E-state index is 12.4. The van der Waals surface area contributed by atoms with E-state index in [1.54, 1.807) is 29.4 Å². The van der Waals surface area contributed by atoms with E-state index >= 15 is 0 Å². The average Bonchev–Trinajstić information content (AvgIpc) is 3.21. The van der Waals surface area contributed by atoms with Gasteiger partial charge in [0.05, 0.1) is 24.3 Å². The molecule has 2 aliphatic rings. The number of pyridine rings is 1. The topological polar surface area (TPSA) is 107 Å². The number of carbonyl (C=O) groups excluding carboxylic acids is 3. The number of carbonyl (C=O) groups is 3. The number of hydrogen-bond acceptors (Lipinski definition) is 7. The minimum atomic E-state index is -0.496. The number of piperidine rings is 2. The number of aromatic nitrogens is 3. The lowest BCUT2D eigenvalue weighted by Gasteiger charge is -2.34. The average molecular weight is 427 g/mol. The van der Waals surface area contributed by atoms with Crippen LogP contribution in [0.1, 0.15) is 39.5 Å². The highest BCUT2D eigenvalue weighted by molar-refractivity contribution is 6.16. The quantitative estimate of drug-likeness (QED) is 0.687. The minimum absolute atomic E-state index is 0.0223. The molecule has 0 N–H and O–H groups in total. The van der Waals surface area contributed by atoms with Gasteiger partial charge in [0.2, 0.25) is 17.7 Å². The highest BCUT2D eigenvalue weighted by atomic mass is 16.7. The summed E-state index contributed by atoms with van der Waals surface area (Å²) < 4.78 is 5.35. The largest absolute Gasteiger partial charge is 0.416 e. The van der Waals surface area contributed by atoms with Gasteiger partial charge in [-0.3, -0.25) is 9.59 Å². The highest BCUT2D eigenvalue weighted by Gasteiger charge is 2.38. The number of anilines is 1. The Kier molecular flexibility index (Phi) is 5.62. The fourth-order valence-corrected chi connectivity index (χ4v) is 3.80. The van der Waals surface area contributed by atoms with Crippen molar-refractivity contribution in [2.75, 3.05) is 18.0 Å². The van der Waals surface area contributed by atoms with Crippen molar-refractivity contribution in [3.63, 3.8) is 0 Å². The van der Waals surface area contributed by atoms with Crippen molar-refractivity contribution in [3.8, 4) is 5.88 Å². The lowest BCUT2D eigenvalue weighted by molar-refractivity contribution is -0.132. The molecule has 0 unspecified atom stereocenters. The van der Waals surface area contributed by atoms with Crippen LogP contribution in [0.15, 0.2) is 36.8 Å². The fourth-order valence-electron chi connectivity index (χ4n) is 3.80. The molecule has 0 saturated carbocycles. The Balaban J connectivity index is 1.30. The van der Waals surface area contributed by atoms with E-state index in [0.717, 1.165) is 4.90 Å². The van der Waals surface area contributed by atoms with Crippen molar-refractivity contribution in [2.24, 2.45) is 5.41 Å². The van der Waals surface area contributed by atoms with Crippen LogP contribution in [0.4, 0.5) is 10.5 Å². The van der Waals surface area contributed by atoms with E-state index in [4.69, 9.17) is 9.57 Å². The SMILES string of the molecule is CC1(C)CC(=O)N(c2ccc(OC(=O)N3CCC(On4cccn4)CC3)nc2)C(=O)C1. The summed E-state index contributed by atoms with van der Waals surface area (Å²) >= 11 is 0. The summed E-state index contributed by atoms with van der Waals surface area (Å²) in [6.45, 7) is 4.78. The zero-order valence-electron chi connectivity index (χ0n) is 17.6. The van der Waals surface area contributed by atoms with Crippen LogP contribution >= 0.6 is 0 Å². The number of imide groups is 1. The van der Waals surface area contributed by atoms with Crippen LogP contribution in [-0.4, -0.2) is 56.9 Å². The van der Waals surface area contributed by atoms with Crippen LogP contribution in [0, 0.1) is 5.41 Å². The van der Waals surface area contributed by atoms with Crippen LogP contribution in [0.2, 0.25) is 0 Å². The first kappa shape index (κ1) is 20.8. The first-order chi connectivity index (χ1) is 14.8. The molecule has 0 atom stereocenters. The Morgan fingerprint density at radius 3 is 2.42 bits per heavy atom. The van der Waals surface area contributed by atoms with Crippen molar-refractivity contribution in [1.82, 2.24) is 19.8 Å². The first-order valence-electron chi connectivity index (χ1n) is 10.3. The fraction of sp³-hybridized carbons (Fsp3) is 0.476. The summed E-state index contributed by atoms with van der Waals surface area (Å²) in [7, 11) is 0. The predicted octanol–water partition coefficient (Wildman–Crippen LogP) is 2.05. The third kappa shape index (κ3) is 4.84. The third-order valence-corrected chi connectivity index (χ3v) is 5.37. The van der Waals surface area contributed by atoms with E-state index in [-0.39, 0.29) is 42.1 Å². The van der Waals surface area contributed by atoms with Crippen LogP contribution < -0.4 is 14.5 Å². The maximum atomic E-state index is 12.4. The normalized spacial score (nSPS) is 19.4. The van der Waals surface area contributed by atoms with Crippen molar-refractivity contribution in [1.29, 1.82) is 0 Å². The second-order valence-corrected chi connectivity index (χ2v) is 8.56. The smallest absolute Gasteiger partial charge is 0.393 e. The number of ether oxygens (including phenoxy) is 1. The summed E-state index contributed by atoms with van der Waals surface area (Å²) in [5, 5.41) is 4.01. The molecule has 2 aromatic heterocycles. The van der Waals surface area contributed by atoms with Gasteiger partial charge in [-0.2, -0.15) is 0 Å². The van der Waals surface area contributed by atoms with Gasteiger partial charge >= 0.3 is 6.09 Å². The molecule has 2 saturated heterocycles. The molecule has 0 bridgehead atoms. The first-order valence-corrected chi connectivity index (χ1v) is 10.3. The molecule has 2 fully saturated rings. The number of amides is 3. The second-order valence-electron chi connectivity index (χ2n) is 8.56. The van der Waals surface area contributed by atoms with E-state index in [1.807, 2.05) is 13.8 Å². The van der Waals surface area contributed by atoms with Gasteiger partial charge in [0.25, 0.3) is 0 Å². The Bertz CT molecular complexity index is 929. The van der Waals surface area contributed by atoms with Crippen LogP contribution in [0.3, 0.4) is 0 Å². The molecule has 10 nitrogen and oxygen atoms in total. The monoisotopic (exact) mass is 427 g/mol. The molecule has 31 heavy (non-hydrogen) atoms. The summed E-state index contributed by atoms with van der Waals surface area (Å²) in [5.74, 6) is -0.401. The molecule has 10 heteroatoms. The summed E-state index contributed by atoms with van der Waals surface area (Å²) in [6.07, 6.45) is 6.13. The third-order valence-electron chi connectivity index (χ3n) is 5.37. The maximum Gasteiger partial charge on any atom is 0.416 e. The van der Waals surface area contributed by atoms with Gasteiger partial charge in [0.15, 0.2) is 0 Å². The molecule has 0 aromatic carbocycles. The van der Waals surface area contributed by atoms with Gasteiger partial charge in [0, 0.05) is 44.8 Å². The van der Waals surface area contributed by atoms with Gasteiger partial charge in [-0.25, -0.2) is 14.7 Å². The van der Waals surface area contributed by atoms with E-state index in [9.17, 15) is 14.4 Å². The minimum Gasteiger partial charge on any atom is -0.393 e. The van der Waals surface area contributed by atoms with E-state index in [0.29, 0.717) is 31.6 Å². The van der Waals surface area contributed by atoms with Crippen molar-refractivity contribution in [3.05, 3.63) is 36.8 Å². The molecule has 0 aliphatic carbocycles. The molecule has 0 radical (unpaired) electrons. The van der Waals surface area contributed by atoms with Crippen molar-refractivity contribution < 1.29 is 24.0 Å². The molecular formula is C21H25N5O5. The van der Waals surface area contributed by atoms with Crippen LogP contribution in [0.25, 0.3) is 0 Å². The van der Waals surface area contributed by atoms with Crippen LogP contribution in [-0.2, 0) is 9.59 Å². The Morgan fingerprint density at radius 1 is 1.13 bits per heavy atom. The lowest BCUT2D eigenvalue weighted by Crippen LogP contribution is -2.46. The van der Waals surface area contributed by atoms with Gasteiger partial charge in [-0.15, -0.1) is 9.94 Å². The zero-order valence-corrected chi connectivity index (χ0v) is 17.6. The van der Waals surface area contributed by atoms with E-state index in [2.05, 4.69) is 10.1 Å². The molecule has 164 valence electrons. The lowest BCUT2D eigenvalue weighted by atomic mass is 9.81. The van der Waals surface area contributed by atoms with Gasteiger partial charge in [-0.05, 0) is 17.5 Å². The van der Waals surface area contributed by atoms with Crippen molar-refractivity contribution in [2.45, 2.75) is 45.6 Å². The predicted molar refractivity (Wildman–Crippen MR) is 109 cm³/mol. The van der Waals surface area contributed by atoms with Gasteiger partial charge in [-0.1, -0.05) is 13.8 Å². The second kappa shape index (κ2) is 8.37. The molecule has 0 spiro atoms. The summed E-state index contributed by atoms with van der Waals surface area (Å²) in [6, 6.07) is 4.83. The molecular weight excluding hydrogens is 402 g/mol. The Hall–Kier alpha value is -3.43. The van der Waals surface area contributed by atoms with Crippen molar-refractivity contribution >= 4 is 23.6 Å². The Labute approximate surface area is 179 Å². The molecule has 4 heterocycles. The summed E-state index contributed by atoms with van der Waals surface area (Å²) in [4.78, 5) is 51.2. The van der Waals surface area contributed by atoms with Gasteiger partial charge in [0.1, 0.15) is 6.10 Å². The number of rotatable bonds is 4. The number of likely N-dealkylation sites (tertiary alicyclic amines) is 1. The number of hydrogen-bond donors (Lipinski definition) is 0.